The first-order chi connectivity index (χ1) is 8.85. The van der Waals surface area contributed by atoms with Crippen LogP contribution in [0.4, 0.5) is 13.2 Å². The van der Waals surface area contributed by atoms with Crippen molar-refractivity contribution in [3.05, 3.63) is 23.5 Å². The SMILES string of the molecule is O=C(Cn1cc2c(c1)C(=O)CCC2)NCC(F)(F)F. The number of aromatic nitrogens is 1. The zero-order valence-corrected chi connectivity index (χ0v) is 10.1. The molecule has 1 aliphatic carbocycles. The molecule has 1 N–H and O–H groups in total. The molecular weight excluding hydrogens is 261 g/mol. The van der Waals surface area contributed by atoms with Gasteiger partial charge in [0.1, 0.15) is 13.1 Å². The summed E-state index contributed by atoms with van der Waals surface area (Å²) >= 11 is 0. The average molecular weight is 274 g/mol. The van der Waals surface area contributed by atoms with Crippen molar-refractivity contribution in [1.29, 1.82) is 0 Å². The zero-order chi connectivity index (χ0) is 14.0. The van der Waals surface area contributed by atoms with Crippen LogP contribution in [0.1, 0.15) is 28.8 Å². The van der Waals surface area contributed by atoms with Crippen molar-refractivity contribution in [1.82, 2.24) is 9.88 Å². The Balaban J connectivity index is 1.96. The van der Waals surface area contributed by atoms with Crippen molar-refractivity contribution in [2.45, 2.75) is 32.0 Å². The zero-order valence-electron chi connectivity index (χ0n) is 10.1. The van der Waals surface area contributed by atoms with Crippen LogP contribution in [0.3, 0.4) is 0 Å². The molecule has 0 saturated heterocycles. The molecule has 0 unspecified atom stereocenters. The van der Waals surface area contributed by atoms with Crippen LogP contribution in [0.2, 0.25) is 0 Å². The summed E-state index contributed by atoms with van der Waals surface area (Å²) < 4.78 is 37.2. The summed E-state index contributed by atoms with van der Waals surface area (Å²) in [7, 11) is 0. The molecule has 19 heavy (non-hydrogen) atoms. The molecule has 1 aromatic rings. The van der Waals surface area contributed by atoms with E-state index < -0.39 is 18.6 Å². The van der Waals surface area contributed by atoms with Crippen LogP contribution >= 0.6 is 0 Å². The second-order valence-corrected chi connectivity index (χ2v) is 4.54. The number of Topliss-reactive ketones (excluding diaryl/α,β-unsaturated/α-hetero) is 1. The molecule has 0 spiro atoms. The van der Waals surface area contributed by atoms with Gasteiger partial charge in [-0.15, -0.1) is 0 Å². The van der Waals surface area contributed by atoms with Crippen LogP contribution in [-0.2, 0) is 17.8 Å². The van der Waals surface area contributed by atoms with Crippen LogP contribution in [0.25, 0.3) is 0 Å². The fourth-order valence-electron chi connectivity index (χ4n) is 2.09. The molecule has 0 radical (unpaired) electrons. The van der Waals surface area contributed by atoms with Gasteiger partial charge in [-0.25, -0.2) is 0 Å². The maximum atomic E-state index is 11.9. The molecule has 7 heteroatoms. The van der Waals surface area contributed by atoms with Gasteiger partial charge >= 0.3 is 6.18 Å². The lowest BCUT2D eigenvalue weighted by molar-refractivity contribution is -0.138. The molecular formula is C12H13F3N2O2. The lowest BCUT2D eigenvalue weighted by Crippen LogP contribution is -2.35. The van der Waals surface area contributed by atoms with E-state index >= 15 is 0 Å². The van der Waals surface area contributed by atoms with Crippen molar-refractivity contribution in [2.24, 2.45) is 0 Å². The lowest BCUT2D eigenvalue weighted by Gasteiger charge is -2.08. The molecule has 1 aliphatic rings. The van der Waals surface area contributed by atoms with Crippen LogP contribution in [0.15, 0.2) is 12.4 Å². The monoisotopic (exact) mass is 274 g/mol. The first-order valence-electron chi connectivity index (χ1n) is 5.90. The van der Waals surface area contributed by atoms with Crippen molar-refractivity contribution >= 4 is 11.7 Å². The number of hydrogen-bond acceptors (Lipinski definition) is 2. The highest BCUT2D eigenvalue weighted by Gasteiger charge is 2.27. The second kappa shape index (κ2) is 5.07. The van der Waals surface area contributed by atoms with Crippen LogP contribution in [0, 0.1) is 0 Å². The molecule has 4 nitrogen and oxygen atoms in total. The Hall–Kier alpha value is -1.79. The number of fused-ring (bicyclic) bond motifs is 1. The third-order valence-corrected chi connectivity index (χ3v) is 2.93. The van der Waals surface area contributed by atoms with Crippen LogP contribution in [0.5, 0.6) is 0 Å². The van der Waals surface area contributed by atoms with Gasteiger partial charge in [-0.3, -0.25) is 9.59 Å². The minimum atomic E-state index is -4.42. The average Bonchev–Trinajstić information content (AvgIpc) is 2.69. The highest BCUT2D eigenvalue weighted by molar-refractivity contribution is 5.98. The summed E-state index contributed by atoms with van der Waals surface area (Å²) in [6.07, 6.45) is 0.788. The topological polar surface area (TPSA) is 51.1 Å². The van der Waals surface area contributed by atoms with E-state index in [1.807, 2.05) is 0 Å². The number of carbonyl (C=O) groups is 2. The molecule has 0 fully saturated rings. The van der Waals surface area contributed by atoms with E-state index in [4.69, 9.17) is 0 Å². The first-order valence-corrected chi connectivity index (χ1v) is 5.90. The molecule has 0 atom stereocenters. The van der Waals surface area contributed by atoms with E-state index in [2.05, 4.69) is 0 Å². The van der Waals surface area contributed by atoms with Gasteiger partial charge in [-0.2, -0.15) is 13.2 Å². The molecule has 1 amide bonds. The van der Waals surface area contributed by atoms with Gasteiger partial charge in [-0.05, 0) is 18.4 Å². The normalized spacial score (nSPS) is 15.2. The van der Waals surface area contributed by atoms with E-state index in [0.717, 1.165) is 18.4 Å². The largest absolute Gasteiger partial charge is 0.405 e. The van der Waals surface area contributed by atoms with Gasteiger partial charge in [0.05, 0.1) is 0 Å². The quantitative estimate of drug-likeness (QED) is 0.911. The van der Waals surface area contributed by atoms with Crippen LogP contribution < -0.4 is 5.32 Å². The molecule has 2 rings (SSSR count). The molecule has 104 valence electrons. The first kappa shape index (κ1) is 13.6. The third-order valence-electron chi connectivity index (χ3n) is 2.93. The van der Waals surface area contributed by atoms with Crippen LogP contribution in [-0.4, -0.2) is 29.0 Å². The van der Waals surface area contributed by atoms with E-state index in [0.29, 0.717) is 12.0 Å². The van der Waals surface area contributed by atoms with E-state index in [1.54, 1.807) is 11.5 Å². The fraction of sp³-hybridized carbons (Fsp3) is 0.500. The van der Waals surface area contributed by atoms with Gasteiger partial charge in [0.25, 0.3) is 0 Å². The summed E-state index contributed by atoms with van der Waals surface area (Å²) in [5.41, 5.74) is 1.44. The summed E-state index contributed by atoms with van der Waals surface area (Å²) in [6, 6.07) is 0. The Morgan fingerprint density at radius 3 is 2.68 bits per heavy atom. The molecule has 0 aliphatic heterocycles. The molecule has 1 aromatic heterocycles. The highest BCUT2D eigenvalue weighted by atomic mass is 19.4. The number of ketones is 1. The van der Waals surface area contributed by atoms with Gasteiger partial charge in [0.2, 0.25) is 5.91 Å². The Morgan fingerprint density at radius 2 is 2.05 bits per heavy atom. The summed E-state index contributed by atoms with van der Waals surface area (Å²) in [4.78, 5) is 22.9. The molecule has 0 saturated carbocycles. The third kappa shape index (κ3) is 3.59. The van der Waals surface area contributed by atoms with E-state index in [-0.39, 0.29) is 12.3 Å². The van der Waals surface area contributed by atoms with Crippen molar-refractivity contribution in [2.75, 3.05) is 6.54 Å². The minimum absolute atomic E-state index is 0.0238. The van der Waals surface area contributed by atoms with Crippen molar-refractivity contribution < 1.29 is 22.8 Å². The Bertz CT molecular complexity index is 506. The standard InChI is InChI=1S/C12H13F3N2O2/c13-12(14,15)7-16-11(19)6-17-4-8-2-1-3-10(18)9(8)5-17/h4-5H,1-3,6-7H2,(H,16,19). The lowest BCUT2D eigenvalue weighted by atomic mass is 9.95. The number of aryl methyl sites for hydroxylation is 1. The van der Waals surface area contributed by atoms with E-state index in [1.165, 1.54) is 10.8 Å². The number of rotatable bonds is 3. The number of nitrogens with zero attached hydrogens (tertiary/aromatic N) is 1. The number of halogens is 3. The molecule has 1 heterocycles. The molecule has 0 bridgehead atoms. The fourth-order valence-corrected chi connectivity index (χ4v) is 2.09. The summed E-state index contributed by atoms with van der Waals surface area (Å²) in [5, 5.41) is 1.79. The van der Waals surface area contributed by atoms with Gasteiger partial charge in [0, 0.05) is 24.4 Å². The number of carbonyl (C=O) groups excluding carboxylic acids is 2. The Labute approximate surface area is 107 Å². The number of alkyl halides is 3. The Morgan fingerprint density at radius 1 is 1.32 bits per heavy atom. The van der Waals surface area contributed by atoms with Crippen molar-refractivity contribution in [3.63, 3.8) is 0 Å². The Kier molecular flexibility index (Phi) is 3.64. The molecule has 0 aromatic carbocycles. The van der Waals surface area contributed by atoms with Gasteiger partial charge < -0.3 is 9.88 Å². The van der Waals surface area contributed by atoms with Gasteiger partial charge in [0.15, 0.2) is 5.78 Å². The number of amides is 1. The maximum Gasteiger partial charge on any atom is 0.405 e. The smallest absolute Gasteiger partial charge is 0.345 e. The minimum Gasteiger partial charge on any atom is -0.345 e. The highest BCUT2D eigenvalue weighted by Crippen LogP contribution is 2.21. The van der Waals surface area contributed by atoms with Crippen molar-refractivity contribution in [3.8, 4) is 0 Å². The van der Waals surface area contributed by atoms with Gasteiger partial charge in [-0.1, -0.05) is 0 Å². The number of hydrogen-bond donors (Lipinski definition) is 1. The second-order valence-electron chi connectivity index (χ2n) is 4.54. The predicted molar refractivity (Wildman–Crippen MR) is 60.8 cm³/mol. The van der Waals surface area contributed by atoms with E-state index in [9.17, 15) is 22.8 Å². The summed E-state index contributed by atoms with van der Waals surface area (Å²) in [5.74, 6) is -0.701. The maximum absolute atomic E-state index is 11.9. The summed E-state index contributed by atoms with van der Waals surface area (Å²) in [6.45, 7) is -1.55. The number of nitrogens with one attached hydrogen (secondary N) is 1. The predicted octanol–water partition coefficient (Wildman–Crippen LogP) is 1.69.